The topological polar surface area (TPSA) is 44.8 Å². The molecule has 1 rings (SSSR count). The van der Waals surface area contributed by atoms with E-state index in [1.54, 1.807) is 12.1 Å². The van der Waals surface area contributed by atoms with Crippen LogP contribution in [0.15, 0.2) is 18.2 Å². The van der Waals surface area contributed by atoms with Crippen molar-refractivity contribution in [2.45, 2.75) is 0 Å². The van der Waals surface area contributed by atoms with Gasteiger partial charge in [0.05, 0.1) is 14.2 Å². The summed E-state index contributed by atoms with van der Waals surface area (Å²) in [4.78, 5) is 10.8. The van der Waals surface area contributed by atoms with Crippen molar-refractivity contribution < 1.29 is 19.0 Å². The number of ether oxygens (including phenoxy) is 3. The highest BCUT2D eigenvalue weighted by Crippen LogP contribution is 2.30. The van der Waals surface area contributed by atoms with Gasteiger partial charge in [-0.1, -0.05) is 0 Å². The second kappa shape index (κ2) is 4.91. The lowest BCUT2D eigenvalue weighted by Gasteiger charge is -2.08. The third-order valence-electron chi connectivity index (χ3n) is 1.68. The Labute approximate surface area is 87.8 Å². The van der Waals surface area contributed by atoms with E-state index in [0.29, 0.717) is 17.2 Å². The molecule has 1 aromatic carbocycles. The summed E-state index contributed by atoms with van der Waals surface area (Å²) in [6, 6.07) is 4.71. The molecule has 0 fully saturated rings. The van der Waals surface area contributed by atoms with E-state index >= 15 is 0 Å². The van der Waals surface area contributed by atoms with E-state index in [1.807, 2.05) is 5.92 Å². The Morgan fingerprint density at radius 1 is 1.27 bits per heavy atom. The van der Waals surface area contributed by atoms with E-state index in [1.165, 1.54) is 20.3 Å². The molecule has 0 aliphatic heterocycles. The van der Waals surface area contributed by atoms with Crippen molar-refractivity contribution in [3.05, 3.63) is 18.2 Å². The molecule has 0 heterocycles. The number of carbonyl (C=O) groups excluding carboxylic acids is 1. The van der Waals surface area contributed by atoms with Crippen molar-refractivity contribution in [2.75, 3.05) is 14.2 Å². The van der Waals surface area contributed by atoms with Crippen LogP contribution >= 0.6 is 0 Å². The molecule has 0 aromatic heterocycles. The highest BCUT2D eigenvalue weighted by atomic mass is 16.5. The fraction of sp³-hybridized carbons (Fsp3) is 0.182. The first-order chi connectivity index (χ1) is 7.21. The van der Waals surface area contributed by atoms with E-state index in [0.717, 1.165) is 0 Å². The molecule has 0 amide bonds. The summed E-state index contributed by atoms with van der Waals surface area (Å²) in [5, 5.41) is 0. The van der Waals surface area contributed by atoms with E-state index < -0.39 is 5.97 Å². The lowest BCUT2D eigenvalue weighted by molar-refractivity contribution is -0.128. The number of methoxy groups -OCH3 is 2. The summed E-state index contributed by atoms with van der Waals surface area (Å²) < 4.78 is 14.8. The Hall–Kier alpha value is -2.15. The molecule has 0 aliphatic rings. The number of hydrogen-bond donors (Lipinski definition) is 0. The monoisotopic (exact) mass is 206 g/mol. The van der Waals surface area contributed by atoms with Gasteiger partial charge in [0.2, 0.25) is 0 Å². The first kappa shape index (κ1) is 10.9. The largest absolute Gasteiger partial charge is 0.493 e. The maximum atomic E-state index is 10.8. The molecule has 0 atom stereocenters. The fourth-order valence-corrected chi connectivity index (χ4v) is 1.02. The smallest absolute Gasteiger partial charge is 0.389 e. The molecule has 4 nitrogen and oxygen atoms in total. The van der Waals surface area contributed by atoms with Crippen LogP contribution in [0.25, 0.3) is 0 Å². The first-order valence-corrected chi connectivity index (χ1v) is 4.11. The average Bonchev–Trinajstić information content (AvgIpc) is 2.28. The zero-order chi connectivity index (χ0) is 11.3. The fourth-order valence-electron chi connectivity index (χ4n) is 1.02. The van der Waals surface area contributed by atoms with Gasteiger partial charge in [0.25, 0.3) is 0 Å². The Balaban J connectivity index is 2.94. The summed E-state index contributed by atoms with van der Waals surface area (Å²) in [6.07, 6.45) is 4.87. The second-order valence-electron chi connectivity index (χ2n) is 2.55. The summed E-state index contributed by atoms with van der Waals surface area (Å²) >= 11 is 0. The number of benzene rings is 1. The maximum absolute atomic E-state index is 10.8. The van der Waals surface area contributed by atoms with Gasteiger partial charge in [0.1, 0.15) is 5.75 Å². The van der Waals surface area contributed by atoms with E-state index in [2.05, 4.69) is 0 Å². The number of carbonyl (C=O) groups is 1. The quantitative estimate of drug-likeness (QED) is 0.323. The lowest BCUT2D eigenvalue weighted by Crippen LogP contribution is -2.04. The van der Waals surface area contributed by atoms with Gasteiger partial charge < -0.3 is 14.2 Å². The molecule has 0 spiro atoms. The van der Waals surface area contributed by atoms with Gasteiger partial charge in [-0.2, -0.15) is 0 Å². The van der Waals surface area contributed by atoms with Gasteiger partial charge in [0, 0.05) is 12.0 Å². The third kappa shape index (κ3) is 2.64. The van der Waals surface area contributed by atoms with Crippen LogP contribution in [0.2, 0.25) is 0 Å². The van der Waals surface area contributed by atoms with E-state index in [-0.39, 0.29) is 0 Å². The molecule has 78 valence electrons. The molecule has 1 aromatic rings. The maximum Gasteiger partial charge on any atom is 0.389 e. The van der Waals surface area contributed by atoms with Crippen molar-refractivity contribution in [1.29, 1.82) is 0 Å². The van der Waals surface area contributed by atoms with Gasteiger partial charge in [-0.3, -0.25) is 0 Å². The van der Waals surface area contributed by atoms with Crippen molar-refractivity contribution >= 4 is 5.97 Å². The zero-order valence-electron chi connectivity index (χ0n) is 8.44. The van der Waals surface area contributed by atoms with Crippen LogP contribution in [0.3, 0.4) is 0 Å². The van der Waals surface area contributed by atoms with Gasteiger partial charge in [-0.25, -0.2) is 4.79 Å². The van der Waals surface area contributed by atoms with Gasteiger partial charge in [0.15, 0.2) is 11.5 Å². The molecule has 0 unspecified atom stereocenters. The number of hydrogen-bond acceptors (Lipinski definition) is 4. The van der Waals surface area contributed by atoms with Crippen LogP contribution in [0.4, 0.5) is 0 Å². The summed E-state index contributed by atoms with van der Waals surface area (Å²) in [7, 11) is 3.01. The Kier molecular flexibility index (Phi) is 3.58. The van der Waals surface area contributed by atoms with Gasteiger partial charge >= 0.3 is 5.97 Å². The van der Waals surface area contributed by atoms with Crippen molar-refractivity contribution in [1.82, 2.24) is 0 Å². The Bertz CT molecular complexity index is 404. The van der Waals surface area contributed by atoms with Crippen molar-refractivity contribution in [3.63, 3.8) is 0 Å². The normalized spacial score (nSPS) is 8.87. The average molecular weight is 206 g/mol. The predicted octanol–water partition coefficient (Wildman–Crippen LogP) is 1.24. The Morgan fingerprint density at radius 2 is 1.93 bits per heavy atom. The Morgan fingerprint density at radius 3 is 2.47 bits per heavy atom. The van der Waals surface area contributed by atoms with Crippen molar-refractivity contribution in [3.8, 4) is 29.6 Å². The number of terminal acetylenes is 1. The molecular weight excluding hydrogens is 196 g/mol. The minimum Gasteiger partial charge on any atom is -0.493 e. The SMILES string of the molecule is C#CC(=O)Oc1ccc(OC)c(OC)c1. The molecule has 4 heteroatoms. The summed E-state index contributed by atoms with van der Waals surface area (Å²) in [5.41, 5.74) is 0. The minimum atomic E-state index is -0.748. The number of esters is 1. The first-order valence-electron chi connectivity index (χ1n) is 4.11. The van der Waals surface area contributed by atoms with Crippen LogP contribution in [0.1, 0.15) is 0 Å². The minimum absolute atomic E-state index is 0.315. The second-order valence-corrected chi connectivity index (χ2v) is 2.55. The molecule has 0 aliphatic carbocycles. The number of rotatable bonds is 3. The molecule has 0 radical (unpaired) electrons. The summed E-state index contributed by atoms with van der Waals surface area (Å²) in [6.45, 7) is 0. The van der Waals surface area contributed by atoms with Gasteiger partial charge in [-0.15, -0.1) is 6.42 Å². The van der Waals surface area contributed by atoms with Crippen molar-refractivity contribution in [2.24, 2.45) is 0 Å². The molecule has 0 bridgehead atoms. The van der Waals surface area contributed by atoms with Gasteiger partial charge in [-0.05, 0) is 12.1 Å². The standard InChI is InChI=1S/C11H10O4/c1-4-11(12)15-8-5-6-9(13-2)10(7-8)14-3/h1,5-7H,2-3H3. The highest BCUT2D eigenvalue weighted by Gasteiger charge is 2.07. The lowest BCUT2D eigenvalue weighted by atomic mass is 10.3. The van der Waals surface area contributed by atoms with Crippen LogP contribution in [0, 0.1) is 12.3 Å². The predicted molar refractivity (Wildman–Crippen MR) is 54.0 cm³/mol. The highest BCUT2D eigenvalue weighted by molar-refractivity contribution is 5.89. The molecule has 15 heavy (non-hydrogen) atoms. The molecule has 0 N–H and O–H groups in total. The van der Waals surface area contributed by atoms with Crippen LogP contribution < -0.4 is 14.2 Å². The molecule has 0 saturated carbocycles. The zero-order valence-corrected chi connectivity index (χ0v) is 8.44. The van der Waals surface area contributed by atoms with Crippen LogP contribution in [-0.2, 0) is 4.79 Å². The molecular formula is C11H10O4. The third-order valence-corrected chi connectivity index (χ3v) is 1.68. The van der Waals surface area contributed by atoms with Crippen LogP contribution in [0.5, 0.6) is 17.2 Å². The van der Waals surface area contributed by atoms with E-state index in [9.17, 15) is 4.79 Å². The van der Waals surface area contributed by atoms with Crippen LogP contribution in [-0.4, -0.2) is 20.2 Å². The summed E-state index contributed by atoms with van der Waals surface area (Å²) in [5.74, 6) is 2.44. The van der Waals surface area contributed by atoms with E-state index in [4.69, 9.17) is 20.6 Å². The molecule has 0 saturated heterocycles.